The summed E-state index contributed by atoms with van der Waals surface area (Å²) in [6.45, 7) is -1.03. The molecule has 1 fully saturated rings. The van der Waals surface area contributed by atoms with Gasteiger partial charge in [-0.1, -0.05) is 24.0 Å². The summed E-state index contributed by atoms with van der Waals surface area (Å²) >= 11 is 7.21. The standard InChI is InChI=1S/C29H22F6N2O6S3/c30-28(31,32)18-7-16(8-19(10-18)29(33,34)35)17-9-22(45-14-17)11-23-25(41)37(27(44)46-23)6-5-24(40)36-20-3-1-15(2-4-20)26(42)43-13-21(39)12-38/h1-4,7-11,14,21,38-39H,5-6,12-13H2,(H,36,40)/b23-11-. The number of alkyl halides is 6. The molecule has 2 heterocycles. The summed E-state index contributed by atoms with van der Waals surface area (Å²) in [6, 6.07) is 8.32. The van der Waals surface area contributed by atoms with Crippen LogP contribution in [0.15, 0.2) is 58.8 Å². The molecule has 1 aromatic heterocycles. The van der Waals surface area contributed by atoms with Crippen LogP contribution in [-0.4, -0.2) is 63.1 Å². The molecule has 8 nitrogen and oxygen atoms in total. The monoisotopic (exact) mass is 704 g/mol. The highest BCUT2D eigenvalue weighted by Gasteiger charge is 2.37. The van der Waals surface area contributed by atoms with Gasteiger partial charge in [0.2, 0.25) is 5.91 Å². The number of aliphatic hydroxyl groups is 2. The predicted octanol–water partition coefficient (Wildman–Crippen LogP) is 6.19. The number of esters is 1. The summed E-state index contributed by atoms with van der Waals surface area (Å²) in [4.78, 5) is 39.2. The summed E-state index contributed by atoms with van der Waals surface area (Å²) in [5, 5.41) is 22.0. The number of anilines is 1. The van der Waals surface area contributed by atoms with Crippen LogP contribution in [0.5, 0.6) is 0 Å². The highest BCUT2D eigenvalue weighted by Crippen LogP contribution is 2.40. The molecule has 1 aliphatic rings. The third-order valence-corrected chi connectivity index (χ3v) is 8.53. The van der Waals surface area contributed by atoms with E-state index in [1.54, 1.807) is 0 Å². The first kappa shape index (κ1) is 35.1. The molecule has 0 aliphatic carbocycles. The molecule has 17 heteroatoms. The maximum atomic E-state index is 13.3. The lowest BCUT2D eigenvalue weighted by Gasteiger charge is -2.14. The van der Waals surface area contributed by atoms with Crippen molar-refractivity contribution in [2.45, 2.75) is 24.9 Å². The van der Waals surface area contributed by atoms with E-state index in [2.05, 4.69) is 5.32 Å². The van der Waals surface area contributed by atoms with Gasteiger partial charge in [-0.05, 0) is 71.1 Å². The number of nitrogens with zero attached hydrogens (tertiary/aromatic N) is 1. The number of nitrogens with one attached hydrogen (secondary N) is 1. The van der Waals surface area contributed by atoms with Gasteiger partial charge in [-0.15, -0.1) is 11.3 Å². The Morgan fingerprint density at radius 3 is 2.22 bits per heavy atom. The molecule has 1 saturated heterocycles. The first-order valence-electron chi connectivity index (χ1n) is 13.0. The first-order valence-corrected chi connectivity index (χ1v) is 15.2. The quantitative estimate of drug-likeness (QED) is 0.0991. The third-order valence-electron chi connectivity index (χ3n) is 6.27. The number of thioether (sulfide) groups is 1. The van der Waals surface area contributed by atoms with Gasteiger partial charge in [0, 0.05) is 23.5 Å². The zero-order valence-corrected chi connectivity index (χ0v) is 25.6. The number of carbonyl (C=O) groups excluding carboxylic acids is 3. The zero-order chi connectivity index (χ0) is 33.8. The van der Waals surface area contributed by atoms with E-state index in [1.807, 2.05) is 0 Å². The zero-order valence-electron chi connectivity index (χ0n) is 23.1. The van der Waals surface area contributed by atoms with Crippen molar-refractivity contribution in [2.24, 2.45) is 0 Å². The fourth-order valence-corrected chi connectivity index (χ4v) is 6.18. The van der Waals surface area contributed by atoms with Crippen molar-refractivity contribution >= 4 is 69.2 Å². The minimum Gasteiger partial charge on any atom is -0.459 e. The van der Waals surface area contributed by atoms with Gasteiger partial charge in [-0.25, -0.2) is 4.79 Å². The molecule has 3 N–H and O–H groups in total. The van der Waals surface area contributed by atoms with E-state index >= 15 is 0 Å². The molecule has 4 rings (SSSR count). The average Bonchev–Trinajstić information content (AvgIpc) is 3.57. The highest BCUT2D eigenvalue weighted by molar-refractivity contribution is 8.26. The van der Waals surface area contributed by atoms with Crippen molar-refractivity contribution in [3.63, 3.8) is 0 Å². The maximum absolute atomic E-state index is 13.3. The predicted molar refractivity (Wildman–Crippen MR) is 163 cm³/mol. The van der Waals surface area contributed by atoms with Gasteiger partial charge in [0.25, 0.3) is 5.91 Å². The van der Waals surface area contributed by atoms with Crippen LogP contribution in [0.3, 0.4) is 0 Å². The number of hydrogen-bond donors (Lipinski definition) is 3. The van der Waals surface area contributed by atoms with Gasteiger partial charge in [-0.2, -0.15) is 26.3 Å². The summed E-state index contributed by atoms with van der Waals surface area (Å²) in [5.74, 6) is -1.73. The lowest BCUT2D eigenvalue weighted by Crippen LogP contribution is -2.31. The second-order valence-corrected chi connectivity index (χ2v) is 12.3. The molecule has 1 atom stereocenters. The Hall–Kier alpha value is -3.77. The SMILES string of the molecule is O=C(CCN1C(=O)/C(=C/c2cc(-c3cc(C(F)(F)F)cc(C(F)(F)F)c3)cs2)SC1=S)Nc1ccc(C(=O)OCC(O)CO)cc1. The topological polar surface area (TPSA) is 116 Å². The van der Waals surface area contributed by atoms with Crippen LogP contribution in [0.4, 0.5) is 32.0 Å². The van der Waals surface area contributed by atoms with Crippen LogP contribution in [0.25, 0.3) is 17.2 Å². The highest BCUT2D eigenvalue weighted by atomic mass is 32.2. The normalized spacial score (nSPS) is 15.4. The minimum atomic E-state index is -4.99. The Kier molecular flexibility index (Phi) is 10.9. The Balaban J connectivity index is 1.37. The van der Waals surface area contributed by atoms with Crippen LogP contribution < -0.4 is 5.32 Å². The summed E-state index contributed by atoms with van der Waals surface area (Å²) in [6.07, 6.45) is -9.92. The van der Waals surface area contributed by atoms with Gasteiger partial charge in [0.15, 0.2) is 0 Å². The fraction of sp³-hybridized carbons (Fsp3) is 0.241. The smallest absolute Gasteiger partial charge is 0.416 e. The molecule has 2 amide bonds. The third kappa shape index (κ3) is 8.94. The van der Waals surface area contributed by atoms with E-state index in [9.17, 15) is 45.8 Å². The number of aliphatic hydroxyl groups excluding tert-OH is 2. The van der Waals surface area contributed by atoms with Crippen LogP contribution >= 0.6 is 35.3 Å². The Bertz CT molecular complexity index is 1640. The number of rotatable bonds is 10. The van der Waals surface area contributed by atoms with Crippen molar-refractivity contribution in [2.75, 3.05) is 25.1 Å². The number of thiocarbonyl (C=S) groups is 1. The Labute approximate surface area is 270 Å². The Morgan fingerprint density at radius 1 is 1.00 bits per heavy atom. The van der Waals surface area contributed by atoms with Crippen molar-refractivity contribution in [3.05, 3.63) is 80.4 Å². The maximum Gasteiger partial charge on any atom is 0.416 e. The lowest BCUT2D eigenvalue weighted by atomic mass is 10.0. The molecule has 0 spiro atoms. The van der Waals surface area contributed by atoms with Gasteiger partial charge in [-0.3, -0.25) is 14.5 Å². The average molecular weight is 705 g/mol. The van der Waals surface area contributed by atoms with Crippen molar-refractivity contribution in [1.82, 2.24) is 4.90 Å². The fourth-order valence-electron chi connectivity index (χ4n) is 3.96. The van der Waals surface area contributed by atoms with Crippen LogP contribution in [0.2, 0.25) is 0 Å². The van der Waals surface area contributed by atoms with E-state index in [1.165, 1.54) is 46.7 Å². The number of hydrogen-bond acceptors (Lipinski definition) is 9. The minimum absolute atomic E-state index is 0.0485. The summed E-state index contributed by atoms with van der Waals surface area (Å²) in [7, 11) is 0. The molecule has 1 unspecified atom stereocenters. The van der Waals surface area contributed by atoms with Crippen LogP contribution in [-0.2, 0) is 26.7 Å². The van der Waals surface area contributed by atoms with E-state index < -0.39 is 54.0 Å². The number of amides is 2. The molecule has 46 heavy (non-hydrogen) atoms. The van der Waals surface area contributed by atoms with Crippen LogP contribution in [0.1, 0.15) is 32.8 Å². The van der Waals surface area contributed by atoms with Crippen molar-refractivity contribution < 1.29 is 55.7 Å². The largest absolute Gasteiger partial charge is 0.459 e. The molecule has 0 bridgehead atoms. The molecule has 3 aromatic rings. The lowest BCUT2D eigenvalue weighted by molar-refractivity contribution is -0.143. The molecular formula is C29H22F6N2O6S3. The second-order valence-electron chi connectivity index (χ2n) is 9.68. The second kappa shape index (κ2) is 14.3. The molecule has 0 radical (unpaired) electrons. The summed E-state index contributed by atoms with van der Waals surface area (Å²) in [5.41, 5.74) is -2.58. The van der Waals surface area contributed by atoms with Gasteiger partial charge in [0.05, 0.1) is 28.2 Å². The van der Waals surface area contributed by atoms with Crippen molar-refractivity contribution in [3.8, 4) is 11.1 Å². The van der Waals surface area contributed by atoms with E-state index in [0.717, 1.165) is 23.1 Å². The summed E-state index contributed by atoms with van der Waals surface area (Å²) < 4.78 is 84.7. The van der Waals surface area contributed by atoms with Gasteiger partial charge < -0.3 is 20.3 Å². The molecular weight excluding hydrogens is 683 g/mol. The number of ether oxygens (including phenoxy) is 1. The van der Waals surface area contributed by atoms with Gasteiger partial charge >= 0.3 is 18.3 Å². The molecule has 244 valence electrons. The Morgan fingerprint density at radius 2 is 1.63 bits per heavy atom. The van der Waals surface area contributed by atoms with E-state index in [0.29, 0.717) is 22.7 Å². The molecule has 0 saturated carbocycles. The van der Waals surface area contributed by atoms with Crippen LogP contribution in [0, 0.1) is 0 Å². The van der Waals surface area contributed by atoms with Gasteiger partial charge in [0.1, 0.15) is 17.0 Å². The number of halogens is 6. The number of carbonyl (C=O) groups is 3. The number of benzene rings is 2. The van der Waals surface area contributed by atoms with E-state index in [4.69, 9.17) is 22.1 Å². The van der Waals surface area contributed by atoms with E-state index in [-0.39, 0.29) is 51.6 Å². The number of thiophene rings is 1. The molecule has 2 aromatic carbocycles. The van der Waals surface area contributed by atoms with Crippen molar-refractivity contribution in [1.29, 1.82) is 0 Å². The molecule has 1 aliphatic heterocycles. The first-order chi connectivity index (χ1) is 21.5.